The van der Waals surface area contributed by atoms with Gasteiger partial charge in [0.25, 0.3) is 0 Å². The van der Waals surface area contributed by atoms with Crippen LogP contribution in [0.15, 0.2) is 30.6 Å². The Hall–Kier alpha value is -2.67. The second-order valence-corrected chi connectivity index (χ2v) is 4.29. The summed E-state index contributed by atoms with van der Waals surface area (Å²) in [4.78, 5) is 26.5. The van der Waals surface area contributed by atoms with E-state index in [0.29, 0.717) is 22.5 Å². The van der Waals surface area contributed by atoms with Crippen molar-refractivity contribution in [3.05, 3.63) is 36.2 Å². The lowest BCUT2D eigenvalue weighted by molar-refractivity contribution is 0.101. The van der Waals surface area contributed by atoms with E-state index in [1.807, 2.05) is 6.07 Å². The normalized spacial score (nSPS) is 10.1. The summed E-state index contributed by atoms with van der Waals surface area (Å²) < 4.78 is 0. The number of nitrogen functional groups attached to an aromatic ring is 1. The van der Waals surface area contributed by atoms with Crippen LogP contribution < -0.4 is 11.1 Å². The molecule has 2 aromatic heterocycles. The van der Waals surface area contributed by atoms with Crippen molar-refractivity contribution in [1.29, 1.82) is 0 Å². The Kier molecular flexibility index (Phi) is 4.04. The first kappa shape index (κ1) is 14.7. The summed E-state index contributed by atoms with van der Waals surface area (Å²) in [5.74, 6) is 0.656. The predicted molar refractivity (Wildman–Crippen MR) is 83.1 cm³/mol. The maximum atomic E-state index is 11.4. The third kappa shape index (κ3) is 2.92. The minimum atomic E-state index is 0. The number of nitrogens with zero attached hydrogens (tertiary/aromatic N) is 3. The van der Waals surface area contributed by atoms with Crippen molar-refractivity contribution in [2.75, 3.05) is 11.1 Å². The molecule has 0 radical (unpaired) electrons. The number of benzene rings is 1. The Labute approximate surface area is 126 Å². The fourth-order valence-corrected chi connectivity index (χ4v) is 1.89. The van der Waals surface area contributed by atoms with Gasteiger partial charge in [-0.25, -0.2) is 4.98 Å². The first-order valence-electron chi connectivity index (χ1n) is 5.98. The second kappa shape index (κ2) is 5.76. The number of ketones is 1. The number of carbonyl (C=O) groups excluding carboxylic acids is 1. The molecule has 108 valence electrons. The maximum absolute atomic E-state index is 11.4. The fraction of sp³-hybridized carbons (Fsp3) is 0.0769. The highest BCUT2D eigenvalue weighted by Crippen LogP contribution is 2.22. The number of aromatic nitrogens is 4. The van der Waals surface area contributed by atoms with Crippen LogP contribution in [0.1, 0.15) is 17.3 Å². The van der Waals surface area contributed by atoms with Crippen molar-refractivity contribution in [3.63, 3.8) is 0 Å². The molecule has 0 unspecified atom stereocenters. The number of fused-ring (bicyclic) bond motifs is 1. The van der Waals surface area contributed by atoms with Gasteiger partial charge in [0.05, 0.1) is 6.33 Å². The molecule has 0 aliphatic heterocycles. The zero-order valence-electron chi connectivity index (χ0n) is 11.1. The zero-order chi connectivity index (χ0) is 14.1. The molecule has 0 saturated heterocycles. The van der Waals surface area contributed by atoms with Gasteiger partial charge in [-0.3, -0.25) is 4.79 Å². The molecular weight excluding hydrogens is 292 g/mol. The van der Waals surface area contributed by atoms with Crippen molar-refractivity contribution < 1.29 is 4.79 Å². The molecule has 0 spiro atoms. The van der Waals surface area contributed by atoms with Crippen molar-refractivity contribution in [2.24, 2.45) is 0 Å². The molecule has 8 heteroatoms. The average Bonchev–Trinajstić information content (AvgIpc) is 2.87. The van der Waals surface area contributed by atoms with E-state index in [9.17, 15) is 4.79 Å². The summed E-state index contributed by atoms with van der Waals surface area (Å²) >= 11 is 0. The topological polar surface area (TPSA) is 110 Å². The third-order valence-corrected chi connectivity index (χ3v) is 2.83. The molecule has 0 aliphatic rings. The van der Waals surface area contributed by atoms with Crippen molar-refractivity contribution in [3.8, 4) is 0 Å². The number of carbonyl (C=O) groups is 1. The summed E-state index contributed by atoms with van der Waals surface area (Å²) in [6.45, 7) is 1.52. The molecular formula is C13H13ClN6O. The first-order valence-corrected chi connectivity index (χ1v) is 5.98. The highest BCUT2D eigenvalue weighted by atomic mass is 35.5. The van der Waals surface area contributed by atoms with Gasteiger partial charge in [0.15, 0.2) is 17.2 Å². The molecule has 0 amide bonds. The molecule has 2 heterocycles. The van der Waals surface area contributed by atoms with E-state index in [0.717, 1.165) is 5.69 Å². The summed E-state index contributed by atoms with van der Waals surface area (Å²) in [7, 11) is 0. The van der Waals surface area contributed by atoms with Gasteiger partial charge in [-0.15, -0.1) is 12.4 Å². The molecule has 0 bridgehead atoms. The number of imidazole rings is 1. The molecule has 3 aromatic rings. The van der Waals surface area contributed by atoms with E-state index in [-0.39, 0.29) is 24.1 Å². The first-order chi connectivity index (χ1) is 9.63. The summed E-state index contributed by atoms with van der Waals surface area (Å²) in [6.07, 6.45) is 1.52. The molecule has 0 aliphatic carbocycles. The van der Waals surface area contributed by atoms with Crippen molar-refractivity contribution in [1.82, 2.24) is 19.9 Å². The number of H-pyrrole nitrogens is 1. The second-order valence-electron chi connectivity index (χ2n) is 4.29. The van der Waals surface area contributed by atoms with Crippen LogP contribution in [-0.4, -0.2) is 25.7 Å². The number of halogens is 1. The van der Waals surface area contributed by atoms with Gasteiger partial charge in [0.1, 0.15) is 5.52 Å². The standard InChI is InChI=1S/C13H12N6O.ClH/c1-7(20)8-3-2-4-9(5-8)17-12-10-11(16-6-15-10)18-13(14)19-12;/h2-6H,1H3,(H4,14,15,16,17,18,19);1H. The molecule has 0 atom stereocenters. The van der Waals surface area contributed by atoms with Crippen LogP contribution in [0, 0.1) is 0 Å². The zero-order valence-corrected chi connectivity index (χ0v) is 11.9. The maximum Gasteiger partial charge on any atom is 0.224 e. The van der Waals surface area contributed by atoms with Crippen molar-refractivity contribution >= 4 is 46.8 Å². The Morgan fingerprint density at radius 1 is 1.33 bits per heavy atom. The number of Topliss-reactive ketones (excluding diaryl/α,β-unsaturated/α-hetero) is 1. The number of anilines is 3. The number of aromatic amines is 1. The van der Waals surface area contributed by atoms with E-state index in [1.165, 1.54) is 13.3 Å². The van der Waals surface area contributed by atoms with Gasteiger partial charge in [0, 0.05) is 11.3 Å². The van der Waals surface area contributed by atoms with Gasteiger partial charge in [-0.05, 0) is 19.1 Å². The lowest BCUT2D eigenvalue weighted by atomic mass is 10.1. The molecule has 0 saturated carbocycles. The smallest absolute Gasteiger partial charge is 0.224 e. The summed E-state index contributed by atoms with van der Waals surface area (Å²) in [5, 5.41) is 3.11. The van der Waals surface area contributed by atoms with E-state index in [4.69, 9.17) is 5.73 Å². The van der Waals surface area contributed by atoms with Crippen LogP contribution in [0.2, 0.25) is 0 Å². The molecule has 3 rings (SSSR count). The monoisotopic (exact) mass is 304 g/mol. The number of nitrogens with two attached hydrogens (primary N) is 1. The van der Waals surface area contributed by atoms with Crippen LogP contribution in [0.3, 0.4) is 0 Å². The van der Waals surface area contributed by atoms with Gasteiger partial charge in [-0.1, -0.05) is 12.1 Å². The average molecular weight is 305 g/mol. The summed E-state index contributed by atoms with van der Waals surface area (Å²) in [5.41, 5.74) is 8.16. The number of hydrogen-bond acceptors (Lipinski definition) is 6. The fourth-order valence-electron chi connectivity index (χ4n) is 1.89. The van der Waals surface area contributed by atoms with Crippen molar-refractivity contribution in [2.45, 2.75) is 6.92 Å². The van der Waals surface area contributed by atoms with Gasteiger partial charge < -0.3 is 16.0 Å². The highest BCUT2D eigenvalue weighted by Gasteiger charge is 2.09. The molecule has 21 heavy (non-hydrogen) atoms. The van der Waals surface area contributed by atoms with E-state index >= 15 is 0 Å². The quantitative estimate of drug-likeness (QED) is 0.640. The minimum absolute atomic E-state index is 0. The largest absolute Gasteiger partial charge is 0.368 e. The Morgan fingerprint density at radius 2 is 2.14 bits per heavy atom. The molecule has 1 aromatic carbocycles. The molecule has 4 N–H and O–H groups in total. The Balaban J connectivity index is 0.00000161. The van der Waals surface area contributed by atoms with E-state index in [1.54, 1.807) is 18.2 Å². The minimum Gasteiger partial charge on any atom is -0.368 e. The van der Waals surface area contributed by atoms with E-state index in [2.05, 4.69) is 25.3 Å². The number of hydrogen-bond donors (Lipinski definition) is 3. The third-order valence-electron chi connectivity index (χ3n) is 2.83. The van der Waals surface area contributed by atoms with Crippen LogP contribution in [0.4, 0.5) is 17.5 Å². The molecule has 0 fully saturated rings. The lowest BCUT2D eigenvalue weighted by Gasteiger charge is -2.07. The van der Waals surface area contributed by atoms with Crippen LogP contribution in [0.25, 0.3) is 11.2 Å². The lowest BCUT2D eigenvalue weighted by Crippen LogP contribution is -2.02. The number of rotatable bonds is 3. The highest BCUT2D eigenvalue weighted by molar-refractivity contribution is 5.95. The van der Waals surface area contributed by atoms with Crippen LogP contribution >= 0.6 is 12.4 Å². The predicted octanol–water partition coefficient (Wildman–Crippen LogP) is 2.30. The SMILES string of the molecule is CC(=O)c1cccc(Nc2nc(N)nc3nc[nH]c23)c1.Cl. The molecule has 7 nitrogen and oxygen atoms in total. The number of nitrogens with one attached hydrogen (secondary N) is 2. The van der Waals surface area contributed by atoms with Crippen LogP contribution in [0.5, 0.6) is 0 Å². The van der Waals surface area contributed by atoms with Gasteiger partial charge in [0.2, 0.25) is 5.95 Å². The van der Waals surface area contributed by atoms with Gasteiger partial charge >= 0.3 is 0 Å². The summed E-state index contributed by atoms with van der Waals surface area (Å²) in [6, 6.07) is 7.15. The van der Waals surface area contributed by atoms with Gasteiger partial charge in [-0.2, -0.15) is 9.97 Å². The van der Waals surface area contributed by atoms with E-state index < -0.39 is 0 Å². The van der Waals surface area contributed by atoms with Crippen LogP contribution in [-0.2, 0) is 0 Å². The Morgan fingerprint density at radius 3 is 2.90 bits per heavy atom. The Bertz CT molecular complexity index is 800.